The van der Waals surface area contributed by atoms with E-state index >= 15 is 0 Å². The fourth-order valence-corrected chi connectivity index (χ4v) is 3.35. The molecule has 0 aliphatic rings. The first kappa shape index (κ1) is 25.2. The third kappa shape index (κ3) is 6.60. The van der Waals surface area contributed by atoms with Gasteiger partial charge in [-0.15, -0.1) is 0 Å². The van der Waals surface area contributed by atoms with E-state index < -0.39 is 0 Å². The molecule has 0 heterocycles. The summed E-state index contributed by atoms with van der Waals surface area (Å²) < 4.78 is 5.87. The van der Waals surface area contributed by atoms with E-state index in [1.807, 2.05) is 0 Å². The summed E-state index contributed by atoms with van der Waals surface area (Å²) in [6, 6.07) is 29.8. The SMILES string of the molecule is C.C.CC/C(=C(\c1ccccc1)c1ccc(OCCN(C)C)cc1)c1ccccc1. The summed E-state index contributed by atoms with van der Waals surface area (Å²) in [7, 11) is 4.11. The maximum atomic E-state index is 5.87. The first-order valence-corrected chi connectivity index (χ1v) is 9.91. The van der Waals surface area contributed by atoms with Gasteiger partial charge < -0.3 is 9.64 Å². The molecule has 0 saturated carbocycles. The minimum absolute atomic E-state index is 0. The number of allylic oxidation sites excluding steroid dienone is 1. The molecule has 0 aliphatic carbocycles. The van der Waals surface area contributed by atoms with E-state index in [2.05, 4.69) is 111 Å². The summed E-state index contributed by atoms with van der Waals surface area (Å²) in [5, 5.41) is 0. The molecule has 0 aliphatic heterocycles. The Morgan fingerprint density at radius 1 is 0.700 bits per heavy atom. The molecule has 0 aromatic heterocycles. The van der Waals surface area contributed by atoms with Crippen LogP contribution in [0.15, 0.2) is 84.9 Å². The maximum absolute atomic E-state index is 5.87. The monoisotopic (exact) mass is 403 g/mol. The second-order valence-electron chi connectivity index (χ2n) is 7.12. The van der Waals surface area contributed by atoms with Crippen LogP contribution in [0, 0.1) is 0 Å². The third-order valence-electron chi connectivity index (χ3n) is 4.79. The highest BCUT2D eigenvalue weighted by Gasteiger charge is 2.12. The van der Waals surface area contributed by atoms with Crippen LogP contribution in [0.25, 0.3) is 11.1 Å². The zero-order chi connectivity index (χ0) is 19.8. The van der Waals surface area contributed by atoms with Crippen LogP contribution in [-0.2, 0) is 0 Å². The zero-order valence-electron chi connectivity index (χ0n) is 17.1. The van der Waals surface area contributed by atoms with Crippen molar-refractivity contribution in [3.63, 3.8) is 0 Å². The van der Waals surface area contributed by atoms with Crippen LogP contribution in [0.4, 0.5) is 0 Å². The molecule has 0 radical (unpaired) electrons. The lowest BCUT2D eigenvalue weighted by Crippen LogP contribution is -2.19. The Morgan fingerprint density at radius 3 is 1.70 bits per heavy atom. The number of likely N-dealkylation sites (N-methyl/N-ethyl adjacent to an activating group) is 1. The highest BCUT2D eigenvalue weighted by atomic mass is 16.5. The van der Waals surface area contributed by atoms with Crippen molar-refractivity contribution in [1.82, 2.24) is 4.90 Å². The predicted octanol–water partition coefficient (Wildman–Crippen LogP) is 7.27. The Hall–Kier alpha value is -2.84. The average molecular weight is 404 g/mol. The Bertz CT molecular complexity index is 881. The first-order chi connectivity index (χ1) is 13.7. The van der Waals surface area contributed by atoms with E-state index in [1.54, 1.807) is 0 Å². The van der Waals surface area contributed by atoms with E-state index in [0.717, 1.165) is 18.7 Å². The van der Waals surface area contributed by atoms with Gasteiger partial charge in [-0.25, -0.2) is 0 Å². The highest BCUT2D eigenvalue weighted by Crippen LogP contribution is 2.34. The van der Waals surface area contributed by atoms with Crippen molar-refractivity contribution < 1.29 is 4.74 Å². The van der Waals surface area contributed by atoms with Gasteiger partial charge in [0.05, 0.1) is 0 Å². The van der Waals surface area contributed by atoms with Crippen molar-refractivity contribution in [3.8, 4) is 5.75 Å². The average Bonchev–Trinajstić information content (AvgIpc) is 2.73. The quantitative estimate of drug-likeness (QED) is 0.367. The number of hydrogen-bond acceptors (Lipinski definition) is 2. The summed E-state index contributed by atoms with van der Waals surface area (Å²) in [5.74, 6) is 0.913. The van der Waals surface area contributed by atoms with E-state index in [4.69, 9.17) is 4.74 Å². The van der Waals surface area contributed by atoms with Crippen molar-refractivity contribution in [2.24, 2.45) is 0 Å². The van der Waals surface area contributed by atoms with Gasteiger partial charge in [-0.1, -0.05) is 94.6 Å². The van der Waals surface area contributed by atoms with Crippen LogP contribution in [0.1, 0.15) is 44.9 Å². The molecular weight excluding hydrogens is 366 g/mol. The second-order valence-corrected chi connectivity index (χ2v) is 7.12. The lowest BCUT2D eigenvalue weighted by atomic mass is 9.88. The number of rotatable bonds is 8. The number of ether oxygens (including phenoxy) is 1. The fraction of sp³-hybridized carbons (Fsp3) is 0.286. The molecule has 0 amide bonds. The van der Waals surface area contributed by atoms with Gasteiger partial charge in [0.25, 0.3) is 0 Å². The van der Waals surface area contributed by atoms with E-state index in [9.17, 15) is 0 Å². The molecule has 30 heavy (non-hydrogen) atoms. The summed E-state index contributed by atoms with van der Waals surface area (Å²) in [6.07, 6.45) is 0.968. The van der Waals surface area contributed by atoms with Gasteiger partial charge in [0.2, 0.25) is 0 Å². The number of benzene rings is 3. The van der Waals surface area contributed by atoms with Crippen LogP contribution in [0.2, 0.25) is 0 Å². The van der Waals surface area contributed by atoms with Crippen LogP contribution < -0.4 is 4.74 Å². The molecule has 3 aromatic carbocycles. The lowest BCUT2D eigenvalue weighted by Gasteiger charge is -2.17. The largest absolute Gasteiger partial charge is 0.492 e. The maximum Gasteiger partial charge on any atom is 0.119 e. The molecule has 0 N–H and O–H groups in total. The normalized spacial score (nSPS) is 11.2. The van der Waals surface area contributed by atoms with Gasteiger partial charge >= 0.3 is 0 Å². The summed E-state index contributed by atoms with van der Waals surface area (Å²) >= 11 is 0. The minimum atomic E-state index is 0. The van der Waals surface area contributed by atoms with Gasteiger partial charge in [0, 0.05) is 6.54 Å². The molecule has 2 nitrogen and oxygen atoms in total. The second kappa shape index (κ2) is 12.7. The van der Waals surface area contributed by atoms with Gasteiger partial charge in [-0.05, 0) is 60.5 Å². The van der Waals surface area contributed by atoms with Gasteiger partial charge in [-0.3, -0.25) is 0 Å². The van der Waals surface area contributed by atoms with Gasteiger partial charge in [0.1, 0.15) is 12.4 Å². The van der Waals surface area contributed by atoms with Gasteiger partial charge in [-0.2, -0.15) is 0 Å². The van der Waals surface area contributed by atoms with Crippen molar-refractivity contribution in [3.05, 3.63) is 102 Å². The molecule has 0 bridgehead atoms. The van der Waals surface area contributed by atoms with Crippen molar-refractivity contribution in [2.45, 2.75) is 28.2 Å². The lowest BCUT2D eigenvalue weighted by molar-refractivity contribution is 0.261. The fourth-order valence-electron chi connectivity index (χ4n) is 3.35. The molecule has 0 unspecified atom stereocenters. The molecular formula is C28H37NO. The highest BCUT2D eigenvalue weighted by molar-refractivity contribution is 5.98. The van der Waals surface area contributed by atoms with Crippen molar-refractivity contribution >= 4 is 11.1 Å². The van der Waals surface area contributed by atoms with Crippen LogP contribution in [-0.4, -0.2) is 32.1 Å². The van der Waals surface area contributed by atoms with E-state index in [0.29, 0.717) is 6.61 Å². The Morgan fingerprint density at radius 2 is 1.20 bits per heavy atom. The third-order valence-corrected chi connectivity index (χ3v) is 4.79. The number of nitrogens with zero attached hydrogens (tertiary/aromatic N) is 1. The molecule has 0 fully saturated rings. The topological polar surface area (TPSA) is 12.5 Å². The van der Waals surface area contributed by atoms with Crippen LogP contribution in [0.5, 0.6) is 5.75 Å². The first-order valence-electron chi connectivity index (χ1n) is 9.91. The molecule has 2 heteroatoms. The summed E-state index contributed by atoms with van der Waals surface area (Å²) in [6.45, 7) is 3.83. The van der Waals surface area contributed by atoms with E-state index in [-0.39, 0.29) is 14.9 Å². The summed E-state index contributed by atoms with van der Waals surface area (Å²) in [4.78, 5) is 2.12. The Labute approximate surface area is 183 Å². The molecule has 160 valence electrons. The Balaban J connectivity index is 0.00000225. The molecule has 0 atom stereocenters. The van der Waals surface area contributed by atoms with Crippen molar-refractivity contribution in [1.29, 1.82) is 0 Å². The minimum Gasteiger partial charge on any atom is -0.492 e. The smallest absolute Gasteiger partial charge is 0.119 e. The van der Waals surface area contributed by atoms with Gasteiger partial charge in [0.15, 0.2) is 0 Å². The molecule has 0 saturated heterocycles. The molecule has 3 aromatic rings. The standard InChI is InChI=1S/C26H29NO.2CH4/c1-4-25(21-11-7-5-8-12-21)26(22-13-9-6-10-14-22)23-15-17-24(18-16-23)28-20-19-27(2)3;;/h5-18H,4,19-20H2,1-3H3;2*1H4/b26-25-;;. The van der Waals surface area contributed by atoms with Crippen molar-refractivity contribution in [2.75, 3.05) is 27.2 Å². The van der Waals surface area contributed by atoms with E-state index in [1.165, 1.54) is 27.8 Å². The summed E-state index contributed by atoms with van der Waals surface area (Å²) in [5.41, 5.74) is 6.37. The molecule has 3 rings (SSSR count). The van der Waals surface area contributed by atoms with Crippen LogP contribution in [0.3, 0.4) is 0 Å². The molecule has 0 spiro atoms. The van der Waals surface area contributed by atoms with Crippen LogP contribution >= 0.6 is 0 Å². The zero-order valence-corrected chi connectivity index (χ0v) is 17.1. The Kier molecular flexibility index (Phi) is 10.6. The number of hydrogen-bond donors (Lipinski definition) is 0. The predicted molar refractivity (Wildman–Crippen MR) is 133 cm³/mol.